The zero-order valence-corrected chi connectivity index (χ0v) is 7.45. The largest absolute Gasteiger partial charge is 0.107 e. The first kappa shape index (κ1) is 7.54. The molecule has 1 atom stereocenters. The summed E-state index contributed by atoms with van der Waals surface area (Å²) in [6.45, 7) is 4.80. The minimum Gasteiger partial charge on any atom is -0.107 e. The Bertz CT molecular complexity index is 74.6. The zero-order chi connectivity index (χ0) is 6.69. The summed E-state index contributed by atoms with van der Waals surface area (Å²) in [5, 5.41) is 0. The number of rotatable bonds is 2. The molecule has 0 saturated heterocycles. The second kappa shape index (κ2) is 3.56. The summed E-state index contributed by atoms with van der Waals surface area (Å²) in [4.78, 5) is 0. The van der Waals surface area contributed by atoms with Crippen molar-refractivity contribution < 1.29 is 0 Å². The minimum absolute atomic E-state index is 0.421. The molecule has 0 nitrogen and oxygen atoms in total. The van der Waals surface area contributed by atoms with Gasteiger partial charge in [0.1, 0.15) is 0 Å². The summed E-state index contributed by atoms with van der Waals surface area (Å²) in [6, 6.07) is 0. The Morgan fingerprint density at radius 3 is 2.33 bits per heavy atom. The molecule has 0 aliphatic heterocycles. The van der Waals surface area contributed by atoms with Crippen molar-refractivity contribution in [3.05, 3.63) is 0 Å². The van der Waals surface area contributed by atoms with Crippen molar-refractivity contribution in [1.82, 2.24) is 0 Å². The molecule has 1 unspecified atom stereocenters. The van der Waals surface area contributed by atoms with Gasteiger partial charge < -0.3 is 0 Å². The molecular formula is C8H17P. The maximum Gasteiger partial charge on any atom is -0.0212 e. The van der Waals surface area contributed by atoms with Gasteiger partial charge in [0.15, 0.2) is 0 Å². The monoisotopic (exact) mass is 144 g/mol. The minimum atomic E-state index is 0.421. The third kappa shape index (κ3) is 1.93. The Hall–Kier alpha value is 0.430. The van der Waals surface area contributed by atoms with Gasteiger partial charge in [-0.15, -0.1) is 7.92 Å². The molecule has 0 heterocycles. The number of hydrogen-bond acceptors (Lipinski definition) is 0. The average molecular weight is 144 g/mol. The molecule has 0 spiro atoms. The first-order valence-corrected chi connectivity index (χ1v) is 6.09. The van der Waals surface area contributed by atoms with Gasteiger partial charge in [0.2, 0.25) is 0 Å². The van der Waals surface area contributed by atoms with Crippen molar-refractivity contribution in [2.45, 2.75) is 38.3 Å². The predicted octanol–water partition coefficient (Wildman–Crippen LogP) is 3.06. The van der Waals surface area contributed by atoms with Gasteiger partial charge in [-0.25, -0.2) is 0 Å². The van der Waals surface area contributed by atoms with Gasteiger partial charge in [-0.2, -0.15) is 0 Å². The van der Waals surface area contributed by atoms with E-state index in [1.165, 1.54) is 31.8 Å². The Labute approximate surface area is 59.8 Å². The Kier molecular flexibility index (Phi) is 2.98. The summed E-state index contributed by atoms with van der Waals surface area (Å²) in [7, 11) is 0.421. The third-order valence-corrected chi connectivity index (χ3v) is 5.21. The van der Waals surface area contributed by atoms with E-state index in [2.05, 4.69) is 13.6 Å². The van der Waals surface area contributed by atoms with E-state index in [-0.39, 0.29) is 0 Å². The molecule has 0 aromatic heterocycles. The topological polar surface area (TPSA) is 0 Å². The lowest BCUT2D eigenvalue weighted by Crippen LogP contribution is -1.98. The van der Waals surface area contributed by atoms with E-state index in [1.807, 2.05) is 0 Å². The molecule has 0 aromatic rings. The van der Waals surface area contributed by atoms with Gasteiger partial charge in [0, 0.05) is 0 Å². The molecule has 1 fully saturated rings. The van der Waals surface area contributed by atoms with Gasteiger partial charge in [-0.1, -0.05) is 19.8 Å². The van der Waals surface area contributed by atoms with Crippen molar-refractivity contribution in [1.29, 1.82) is 0 Å². The second-order valence-corrected chi connectivity index (χ2v) is 5.89. The van der Waals surface area contributed by atoms with E-state index in [0.29, 0.717) is 7.92 Å². The molecule has 1 aliphatic carbocycles. The maximum atomic E-state index is 2.46. The van der Waals surface area contributed by atoms with E-state index in [4.69, 9.17) is 0 Å². The molecule has 1 saturated carbocycles. The van der Waals surface area contributed by atoms with E-state index in [0.717, 1.165) is 5.66 Å². The third-order valence-electron chi connectivity index (χ3n) is 2.45. The Morgan fingerprint density at radius 2 is 1.89 bits per heavy atom. The van der Waals surface area contributed by atoms with Crippen LogP contribution in [-0.4, -0.2) is 18.5 Å². The Morgan fingerprint density at radius 1 is 1.33 bits per heavy atom. The molecule has 54 valence electrons. The van der Waals surface area contributed by atoms with Crippen LogP contribution in [0.1, 0.15) is 32.6 Å². The standard InChI is InChI=1S/C8H17P/c1-3-9(2)8-6-4-5-7-8/h8H,3-7H2,1-2H3. The highest BCUT2D eigenvalue weighted by Crippen LogP contribution is 2.45. The summed E-state index contributed by atoms with van der Waals surface area (Å²) in [5.41, 5.74) is 1.14. The van der Waals surface area contributed by atoms with E-state index >= 15 is 0 Å². The normalized spacial score (nSPS) is 24.7. The molecule has 0 bridgehead atoms. The lowest BCUT2D eigenvalue weighted by Gasteiger charge is -2.16. The molecule has 0 radical (unpaired) electrons. The summed E-state index contributed by atoms with van der Waals surface area (Å²) < 4.78 is 0. The van der Waals surface area contributed by atoms with Gasteiger partial charge in [0.25, 0.3) is 0 Å². The van der Waals surface area contributed by atoms with Crippen LogP contribution in [0.25, 0.3) is 0 Å². The molecule has 0 amide bonds. The average Bonchev–Trinajstić information content (AvgIpc) is 2.37. The predicted molar refractivity (Wildman–Crippen MR) is 45.6 cm³/mol. The van der Waals surface area contributed by atoms with Crippen molar-refractivity contribution in [3.8, 4) is 0 Å². The van der Waals surface area contributed by atoms with Crippen LogP contribution >= 0.6 is 7.92 Å². The first-order chi connectivity index (χ1) is 4.34. The van der Waals surface area contributed by atoms with Crippen LogP contribution in [0.5, 0.6) is 0 Å². The summed E-state index contributed by atoms with van der Waals surface area (Å²) in [6.07, 6.45) is 7.54. The highest BCUT2D eigenvalue weighted by atomic mass is 31.1. The van der Waals surface area contributed by atoms with Crippen LogP contribution in [0.15, 0.2) is 0 Å². The van der Waals surface area contributed by atoms with Crippen LogP contribution in [-0.2, 0) is 0 Å². The van der Waals surface area contributed by atoms with Crippen LogP contribution in [0.3, 0.4) is 0 Å². The van der Waals surface area contributed by atoms with Gasteiger partial charge in [-0.3, -0.25) is 0 Å². The van der Waals surface area contributed by atoms with Crippen LogP contribution < -0.4 is 0 Å². The van der Waals surface area contributed by atoms with Gasteiger partial charge >= 0.3 is 0 Å². The maximum absolute atomic E-state index is 2.46. The lowest BCUT2D eigenvalue weighted by atomic mass is 10.4. The molecule has 1 heteroatoms. The highest BCUT2D eigenvalue weighted by Gasteiger charge is 2.18. The van der Waals surface area contributed by atoms with E-state index in [1.54, 1.807) is 0 Å². The second-order valence-electron chi connectivity index (χ2n) is 3.01. The highest BCUT2D eigenvalue weighted by molar-refractivity contribution is 7.57. The molecule has 9 heavy (non-hydrogen) atoms. The molecular weight excluding hydrogens is 127 g/mol. The van der Waals surface area contributed by atoms with E-state index < -0.39 is 0 Å². The van der Waals surface area contributed by atoms with Crippen molar-refractivity contribution in [2.24, 2.45) is 0 Å². The van der Waals surface area contributed by atoms with Crippen molar-refractivity contribution in [3.63, 3.8) is 0 Å². The van der Waals surface area contributed by atoms with E-state index in [9.17, 15) is 0 Å². The van der Waals surface area contributed by atoms with Crippen LogP contribution in [0.2, 0.25) is 0 Å². The molecule has 0 aromatic carbocycles. The molecule has 1 rings (SSSR count). The summed E-state index contributed by atoms with van der Waals surface area (Å²) >= 11 is 0. The van der Waals surface area contributed by atoms with Crippen LogP contribution in [0, 0.1) is 0 Å². The van der Waals surface area contributed by atoms with Crippen molar-refractivity contribution >= 4 is 7.92 Å². The fourth-order valence-electron chi connectivity index (χ4n) is 1.60. The number of hydrogen-bond donors (Lipinski definition) is 0. The fraction of sp³-hybridized carbons (Fsp3) is 1.00. The Balaban J connectivity index is 2.24. The quantitative estimate of drug-likeness (QED) is 0.522. The fourth-order valence-corrected chi connectivity index (χ4v) is 3.37. The van der Waals surface area contributed by atoms with Gasteiger partial charge in [-0.05, 0) is 31.3 Å². The van der Waals surface area contributed by atoms with Gasteiger partial charge in [0.05, 0.1) is 0 Å². The summed E-state index contributed by atoms with van der Waals surface area (Å²) in [5.74, 6) is 0. The first-order valence-electron chi connectivity index (χ1n) is 4.05. The lowest BCUT2D eigenvalue weighted by molar-refractivity contribution is 0.886. The smallest absolute Gasteiger partial charge is 0.0212 e. The van der Waals surface area contributed by atoms with Crippen LogP contribution in [0.4, 0.5) is 0 Å². The molecule has 1 aliphatic rings. The van der Waals surface area contributed by atoms with Crippen molar-refractivity contribution in [2.75, 3.05) is 12.8 Å². The SMILES string of the molecule is CCP(C)C1CCCC1. The molecule has 0 N–H and O–H groups in total. The zero-order valence-electron chi connectivity index (χ0n) is 6.56.